The molecule has 7 heteroatoms. The molecule has 1 aliphatic carbocycles. The Morgan fingerprint density at radius 1 is 1.44 bits per heavy atom. The third kappa shape index (κ3) is 2.65. The van der Waals surface area contributed by atoms with Crippen LogP contribution in [0.5, 0.6) is 0 Å². The molecular weight excluding hydrogens is 276 g/mol. The van der Waals surface area contributed by atoms with Gasteiger partial charge in [0.25, 0.3) is 0 Å². The summed E-state index contributed by atoms with van der Waals surface area (Å²) in [6, 6.07) is 5.62. The Labute approximate surface area is 110 Å². The summed E-state index contributed by atoms with van der Waals surface area (Å²) in [6.45, 7) is 0. The molecule has 0 atom stereocenters. The lowest BCUT2D eigenvalue weighted by Gasteiger charge is -2.31. The molecule has 0 radical (unpaired) electrons. The summed E-state index contributed by atoms with van der Waals surface area (Å²) in [4.78, 5) is -0.126. The van der Waals surface area contributed by atoms with E-state index in [2.05, 4.69) is 4.72 Å². The molecule has 0 unspecified atom stereocenters. The van der Waals surface area contributed by atoms with Gasteiger partial charge in [-0.25, -0.2) is 13.1 Å². The van der Waals surface area contributed by atoms with E-state index in [1.807, 2.05) is 6.07 Å². The number of benzene rings is 1. The van der Waals surface area contributed by atoms with Gasteiger partial charge in [-0.15, -0.1) is 0 Å². The smallest absolute Gasteiger partial charge is 0.242 e. The SMILES string of the molecule is N#Cc1ccc(Cl)cc1S(=O)(=O)NC1CC(O)C1. The van der Waals surface area contributed by atoms with Crippen LogP contribution < -0.4 is 4.72 Å². The lowest BCUT2D eigenvalue weighted by molar-refractivity contribution is 0.0712. The van der Waals surface area contributed by atoms with Gasteiger partial charge in [-0.3, -0.25) is 0 Å². The van der Waals surface area contributed by atoms with Gasteiger partial charge in [0, 0.05) is 11.1 Å². The molecule has 2 N–H and O–H groups in total. The topological polar surface area (TPSA) is 90.2 Å². The second kappa shape index (κ2) is 4.86. The lowest BCUT2D eigenvalue weighted by atomic mass is 9.91. The van der Waals surface area contributed by atoms with Crippen molar-refractivity contribution in [3.63, 3.8) is 0 Å². The fourth-order valence-corrected chi connectivity index (χ4v) is 3.46. The Hall–Kier alpha value is -1.13. The summed E-state index contributed by atoms with van der Waals surface area (Å²) < 4.78 is 26.6. The third-order valence-corrected chi connectivity index (χ3v) is 4.58. The first-order valence-corrected chi connectivity index (χ1v) is 7.18. The Balaban J connectivity index is 2.29. The van der Waals surface area contributed by atoms with Crippen molar-refractivity contribution in [3.05, 3.63) is 28.8 Å². The van der Waals surface area contributed by atoms with Gasteiger partial charge in [-0.1, -0.05) is 11.6 Å². The predicted molar refractivity (Wildman–Crippen MR) is 65.5 cm³/mol. The molecule has 1 aromatic carbocycles. The minimum Gasteiger partial charge on any atom is -0.393 e. The van der Waals surface area contributed by atoms with E-state index in [9.17, 15) is 8.42 Å². The highest BCUT2D eigenvalue weighted by Crippen LogP contribution is 2.24. The first-order valence-electron chi connectivity index (χ1n) is 5.32. The van der Waals surface area contributed by atoms with Crippen LogP contribution in [0.25, 0.3) is 0 Å². The summed E-state index contributed by atoms with van der Waals surface area (Å²) in [5, 5.41) is 18.3. The number of hydrogen-bond acceptors (Lipinski definition) is 4. The van der Waals surface area contributed by atoms with E-state index in [-0.39, 0.29) is 21.5 Å². The van der Waals surface area contributed by atoms with E-state index < -0.39 is 16.1 Å². The van der Waals surface area contributed by atoms with Crippen LogP contribution in [-0.2, 0) is 10.0 Å². The zero-order valence-electron chi connectivity index (χ0n) is 9.30. The number of halogens is 1. The van der Waals surface area contributed by atoms with Crippen molar-refractivity contribution in [2.45, 2.75) is 29.9 Å². The van der Waals surface area contributed by atoms with E-state index in [0.717, 1.165) is 0 Å². The summed E-state index contributed by atoms with van der Waals surface area (Å²) in [5.41, 5.74) is 0.0479. The van der Waals surface area contributed by atoms with Crippen LogP contribution in [-0.4, -0.2) is 25.7 Å². The Bertz CT molecular complexity index is 603. The van der Waals surface area contributed by atoms with Crippen molar-refractivity contribution in [1.82, 2.24) is 4.72 Å². The molecule has 5 nitrogen and oxygen atoms in total. The van der Waals surface area contributed by atoms with Gasteiger partial charge in [0.2, 0.25) is 10.0 Å². The van der Waals surface area contributed by atoms with Crippen LogP contribution in [0.4, 0.5) is 0 Å². The highest BCUT2D eigenvalue weighted by molar-refractivity contribution is 7.89. The largest absolute Gasteiger partial charge is 0.393 e. The van der Waals surface area contributed by atoms with Crippen LogP contribution in [0.2, 0.25) is 5.02 Å². The average molecular weight is 287 g/mol. The molecule has 18 heavy (non-hydrogen) atoms. The second-order valence-electron chi connectivity index (χ2n) is 4.20. The van der Waals surface area contributed by atoms with Crippen LogP contribution in [0.3, 0.4) is 0 Å². The van der Waals surface area contributed by atoms with Crippen molar-refractivity contribution in [2.75, 3.05) is 0 Å². The monoisotopic (exact) mass is 286 g/mol. The Kier molecular flexibility index (Phi) is 3.59. The Morgan fingerprint density at radius 2 is 2.11 bits per heavy atom. The third-order valence-electron chi connectivity index (χ3n) is 2.79. The molecule has 1 aliphatic rings. The molecule has 0 aliphatic heterocycles. The minimum atomic E-state index is -3.78. The van der Waals surface area contributed by atoms with Gasteiger partial charge in [0.05, 0.1) is 11.7 Å². The highest BCUT2D eigenvalue weighted by Gasteiger charge is 2.32. The fourth-order valence-electron chi connectivity index (χ4n) is 1.78. The van der Waals surface area contributed by atoms with E-state index in [0.29, 0.717) is 12.8 Å². The maximum absolute atomic E-state index is 12.1. The summed E-state index contributed by atoms with van der Waals surface area (Å²) in [7, 11) is -3.78. The van der Waals surface area contributed by atoms with Crippen LogP contribution >= 0.6 is 11.6 Å². The zero-order chi connectivity index (χ0) is 13.3. The molecule has 0 bridgehead atoms. The van der Waals surface area contributed by atoms with E-state index in [1.165, 1.54) is 18.2 Å². The lowest BCUT2D eigenvalue weighted by Crippen LogP contribution is -2.46. The quantitative estimate of drug-likeness (QED) is 0.868. The highest BCUT2D eigenvalue weighted by atomic mass is 35.5. The predicted octanol–water partition coefficient (Wildman–Crippen LogP) is 1.01. The number of nitrogens with zero attached hydrogens (tertiary/aromatic N) is 1. The minimum absolute atomic E-state index is 0.0479. The van der Waals surface area contributed by atoms with E-state index in [4.69, 9.17) is 22.0 Å². The fraction of sp³-hybridized carbons (Fsp3) is 0.364. The first kappa shape index (κ1) is 13.3. The molecule has 0 amide bonds. The number of nitrogens with one attached hydrogen (secondary N) is 1. The molecule has 96 valence electrons. The van der Waals surface area contributed by atoms with Crippen LogP contribution in [0.1, 0.15) is 18.4 Å². The average Bonchev–Trinajstić information content (AvgIpc) is 2.26. The van der Waals surface area contributed by atoms with Gasteiger partial charge in [-0.05, 0) is 31.0 Å². The normalized spacial score (nSPS) is 23.2. The van der Waals surface area contributed by atoms with Gasteiger partial charge in [-0.2, -0.15) is 5.26 Å². The maximum Gasteiger partial charge on any atom is 0.242 e. The molecule has 0 aromatic heterocycles. The van der Waals surface area contributed by atoms with E-state index >= 15 is 0 Å². The molecular formula is C11H11ClN2O3S. The number of nitriles is 1. The second-order valence-corrected chi connectivity index (χ2v) is 6.31. The van der Waals surface area contributed by atoms with Crippen molar-refractivity contribution < 1.29 is 13.5 Å². The number of hydrogen-bond donors (Lipinski definition) is 2. The first-order chi connectivity index (χ1) is 8.42. The van der Waals surface area contributed by atoms with Gasteiger partial charge < -0.3 is 5.11 Å². The van der Waals surface area contributed by atoms with Crippen molar-refractivity contribution in [2.24, 2.45) is 0 Å². The van der Waals surface area contributed by atoms with Gasteiger partial charge in [0.15, 0.2) is 0 Å². The standard InChI is InChI=1S/C11H11ClN2O3S/c12-8-2-1-7(6-13)11(3-8)18(16,17)14-9-4-10(15)5-9/h1-3,9-10,14-15H,4-5H2. The van der Waals surface area contributed by atoms with Crippen LogP contribution in [0.15, 0.2) is 23.1 Å². The molecule has 1 fully saturated rings. The summed E-state index contributed by atoms with van der Waals surface area (Å²) in [5.74, 6) is 0. The molecule has 2 rings (SSSR count). The van der Waals surface area contributed by atoms with Crippen molar-refractivity contribution >= 4 is 21.6 Å². The van der Waals surface area contributed by atoms with Crippen molar-refractivity contribution in [1.29, 1.82) is 5.26 Å². The summed E-state index contributed by atoms with van der Waals surface area (Å²) in [6.07, 6.45) is 0.330. The van der Waals surface area contributed by atoms with Gasteiger partial charge >= 0.3 is 0 Å². The van der Waals surface area contributed by atoms with Gasteiger partial charge in [0.1, 0.15) is 11.0 Å². The van der Waals surface area contributed by atoms with Crippen LogP contribution in [0, 0.1) is 11.3 Å². The molecule has 1 aromatic rings. The maximum atomic E-state index is 12.1. The molecule has 0 saturated heterocycles. The molecule has 1 saturated carbocycles. The number of aliphatic hydroxyl groups excluding tert-OH is 1. The summed E-state index contributed by atoms with van der Waals surface area (Å²) >= 11 is 5.75. The molecule has 0 heterocycles. The molecule has 0 spiro atoms. The number of rotatable bonds is 3. The number of sulfonamides is 1. The van der Waals surface area contributed by atoms with E-state index in [1.54, 1.807) is 0 Å². The van der Waals surface area contributed by atoms with Crippen molar-refractivity contribution in [3.8, 4) is 6.07 Å². The number of aliphatic hydroxyl groups is 1. The zero-order valence-corrected chi connectivity index (χ0v) is 10.9. The Morgan fingerprint density at radius 3 is 2.67 bits per heavy atom.